The van der Waals surface area contributed by atoms with Crippen molar-refractivity contribution in [2.75, 3.05) is 13.2 Å². The summed E-state index contributed by atoms with van der Waals surface area (Å²) in [4.78, 5) is 10.5. The molecule has 0 aromatic carbocycles. The van der Waals surface area contributed by atoms with Gasteiger partial charge in [0.05, 0.1) is 6.61 Å². The third kappa shape index (κ3) is 6.88. The van der Waals surface area contributed by atoms with Gasteiger partial charge in [0.15, 0.2) is 0 Å². The van der Waals surface area contributed by atoms with Crippen LogP contribution in [-0.4, -0.2) is 24.3 Å². The molecule has 0 heterocycles. The molecule has 0 amide bonds. The lowest BCUT2D eigenvalue weighted by molar-refractivity contribution is -0.136. The molecular weight excluding hydrogens is 144 g/mol. The van der Waals surface area contributed by atoms with Gasteiger partial charge in [0, 0.05) is 18.9 Å². The Kier molecular flexibility index (Phi) is 6.45. The highest BCUT2D eigenvalue weighted by molar-refractivity contribution is 5.88. The summed E-state index contributed by atoms with van der Waals surface area (Å²) in [5.74, 6) is 4.39. The van der Waals surface area contributed by atoms with Crippen molar-refractivity contribution < 1.29 is 14.6 Å². The van der Waals surface area contributed by atoms with E-state index in [4.69, 9.17) is 5.11 Å². The minimum atomic E-state index is -0.495. The predicted molar refractivity (Wildman–Crippen MR) is 40.7 cm³/mol. The van der Waals surface area contributed by atoms with Crippen LogP contribution >= 0.6 is 0 Å². The lowest BCUT2D eigenvalue weighted by Crippen LogP contribution is -1.99. The second-order valence-corrected chi connectivity index (χ2v) is 1.85. The Morgan fingerprint density at radius 2 is 2.36 bits per heavy atom. The van der Waals surface area contributed by atoms with Gasteiger partial charge in [-0.05, 0) is 13.3 Å². The maximum absolute atomic E-state index is 10.5. The Labute approximate surface area is 66.4 Å². The fourth-order valence-electron chi connectivity index (χ4n) is 0.469. The van der Waals surface area contributed by atoms with Crippen LogP contribution in [0, 0.1) is 11.8 Å². The highest BCUT2D eigenvalue weighted by Gasteiger charge is 1.90. The van der Waals surface area contributed by atoms with Crippen molar-refractivity contribution in [2.24, 2.45) is 0 Å². The van der Waals surface area contributed by atoms with Gasteiger partial charge in [0.25, 0.3) is 0 Å². The Morgan fingerprint density at radius 1 is 1.64 bits per heavy atom. The van der Waals surface area contributed by atoms with E-state index in [0.29, 0.717) is 19.4 Å². The molecule has 0 aliphatic carbocycles. The van der Waals surface area contributed by atoms with Crippen molar-refractivity contribution in [1.29, 1.82) is 0 Å². The zero-order chi connectivity index (χ0) is 8.53. The quantitative estimate of drug-likeness (QED) is 0.277. The second-order valence-electron chi connectivity index (χ2n) is 1.85. The van der Waals surface area contributed by atoms with Gasteiger partial charge >= 0.3 is 5.97 Å². The lowest BCUT2D eigenvalue weighted by Gasteiger charge is -1.90. The number of ether oxygens (including phenoxy) is 1. The molecule has 0 fully saturated rings. The smallest absolute Gasteiger partial charge is 0.384 e. The largest absolute Gasteiger partial charge is 0.456 e. The zero-order valence-corrected chi connectivity index (χ0v) is 6.59. The van der Waals surface area contributed by atoms with Crippen molar-refractivity contribution in [1.82, 2.24) is 0 Å². The fourth-order valence-corrected chi connectivity index (χ4v) is 0.469. The third-order valence-electron chi connectivity index (χ3n) is 0.926. The van der Waals surface area contributed by atoms with Crippen molar-refractivity contribution >= 4 is 5.97 Å². The van der Waals surface area contributed by atoms with E-state index in [0.717, 1.165) is 0 Å². The summed E-state index contributed by atoms with van der Waals surface area (Å²) in [5.41, 5.74) is 0. The van der Waals surface area contributed by atoms with Gasteiger partial charge < -0.3 is 9.84 Å². The van der Waals surface area contributed by atoms with Crippen LogP contribution in [0.1, 0.15) is 19.8 Å². The van der Waals surface area contributed by atoms with Crippen LogP contribution in [0.3, 0.4) is 0 Å². The van der Waals surface area contributed by atoms with Crippen LogP contribution in [0.25, 0.3) is 0 Å². The summed E-state index contributed by atoms with van der Waals surface area (Å²) in [6.45, 7) is 2.19. The molecule has 3 heteroatoms. The summed E-state index contributed by atoms with van der Waals surface area (Å²) < 4.78 is 4.55. The standard InChI is InChI=1S/C8H12O3/c1-2-11-8(10)6-4-3-5-7-9/h9H,2-3,5,7H2,1H3. The topological polar surface area (TPSA) is 46.5 Å². The molecule has 62 valence electrons. The van der Waals surface area contributed by atoms with E-state index in [1.807, 2.05) is 0 Å². The van der Waals surface area contributed by atoms with Crippen LogP contribution < -0.4 is 0 Å². The molecule has 0 aliphatic heterocycles. The number of rotatable bonds is 3. The number of hydrogen-bond acceptors (Lipinski definition) is 3. The molecule has 0 radical (unpaired) electrons. The van der Waals surface area contributed by atoms with Gasteiger partial charge in [0.1, 0.15) is 0 Å². The molecule has 0 saturated carbocycles. The molecule has 0 rings (SSSR count). The van der Waals surface area contributed by atoms with Crippen LogP contribution in [0.15, 0.2) is 0 Å². The maximum Gasteiger partial charge on any atom is 0.384 e. The molecule has 0 saturated heterocycles. The first-order valence-corrected chi connectivity index (χ1v) is 3.57. The molecule has 0 bridgehead atoms. The molecule has 0 spiro atoms. The Hall–Kier alpha value is -1.01. The van der Waals surface area contributed by atoms with Gasteiger partial charge in [-0.2, -0.15) is 0 Å². The number of carbonyl (C=O) groups excluding carboxylic acids is 1. The second kappa shape index (κ2) is 7.10. The van der Waals surface area contributed by atoms with Gasteiger partial charge in [-0.15, -0.1) is 0 Å². The minimum absolute atomic E-state index is 0.109. The van der Waals surface area contributed by atoms with E-state index in [2.05, 4.69) is 16.6 Å². The number of carbonyl (C=O) groups is 1. The maximum atomic E-state index is 10.5. The molecular formula is C8H12O3. The zero-order valence-electron chi connectivity index (χ0n) is 6.59. The first-order chi connectivity index (χ1) is 5.31. The van der Waals surface area contributed by atoms with Crippen LogP contribution in [0.4, 0.5) is 0 Å². The summed E-state index contributed by atoms with van der Waals surface area (Å²) in [5, 5.41) is 8.35. The van der Waals surface area contributed by atoms with Crippen LogP contribution in [0.5, 0.6) is 0 Å². The number of unbranched alkanes of at least 4 members (excludes halogenated alkanes) is 1. The Balaban J connectivity index is 3.43. The fraction of sp³-hybridized carbons (Fsp3) is 0.625. The summed E-state index contributed by atoms with van der Waals surface area (Å²) in [6, 6.07) is 0. The molecule has 0 aromatic heterocycles. The van der Waals surface area contributed by atoms with E-state index >= 15 is 0 Å². The number of esters is 1. The van der Waals surface area contributed by atoms with Gasteiger partial charge in [0.2, 0.25) is 0 Å². The summed E-state index contributed by atoms with van der Waals surface area (Å²) >= 11 is 0. The van der Waals surface area contributed by atoms with Gasteiger partial charge in [-0.25, -0.2) is 4.79 Å². The normalized spacial score (nSPS) is 8.18. The van der Waals surface area contributed by atoms with E-state index in [1.54, 1.807) is 6.92 Å². The summed E-state index contributed by atoms with van der Waals surface area (Å²) in [6.07, 6.45) is 1.14. The molecule has 0 unspecified atom stereocenters. The number of hydrogen-bond donors (Lipinski definition) is 1. The summed E-state index contributed by atoms with van der Waals surface area (Å²) in [7, 11) is 0. The van der Waals surface area contributed by atoms with E-state index < -0.39 is 5.97 Å². The van der Waals surface area contributed by atoms with Crippen molar-refractivity contribution in [3.05, 3.63) is 0 Å². The predicted octanol–water partition coefficient (Wildman–Crippen LogP) is 0.325. The number of aliphatic hydroxyl groups is 1. The average Bonchev–Trinajstić information content (AvgIpc) is 1.99. The number of aliphatic hydroxyl groups excluding tert-OH is 1. The Morgan fingerprint density at radius 3 is 2.91 bits per heavy atom. The van der Waals surface area contributed by atoms with E-state index in [-0.39, 0.29) is 6.61 Å². The van der Waals surface area contributed by atoms with E-state index in [1.165, 1.54) is 0 Å². The van der Waals surface area contributed by atoms with Crippen molar-refractivity contribution in [3.8, 4) is 11.8 Å². The van der Waals surface area contributed by atoms with Crippen LogP contribution in [-0.2, 0) is 9.53 Å². The molecule has 0 aliphatic rings. The van der Waals surface area contributed by atoms with Crippen LogP contribution in [0.2, 0.25) is 0 Å². The molecule has 3 nitrogen and oxygen atoms in total. The molecule has 1 N–H and O–H groups in total. The highest BCUT2D eigenvalue weighted by Crippen LogP contribution is 1.83. The van der Waals surface area contributed by atoms with Gasteiger partial charge in [-0.1, -0.05) is 5.92 Å². The van der Waals surface area contributed by atoms with Gasteiger partial charge in [-0.3, -0.25) is 0 Å². The first kappa shape index (κ1) is 9.99. The van der Waals surface area contributed by atoms with Crippen molar-refractivity contribution in [3.63, 3.8) is 0 Å². The molecule has 11 heavy (non-hydrogen) atoms. The van der Waals surface area contributed by atoms with E-state index in [9.17, 15) is 4.79 Å². The lowest BCUT2D eigenvalue weighted by atomic mass is 10.3. The third-order valence-corrected chi connectivity index (χ3v) is 0.926. The molecule has 0 aromatic rings. The monoisotopic (exact) mass is 156 g/mol. The minimum Gasteiger partial charge on any atom is -0.456 e. The SMILES string of the molecule is CCOC(=O)C#CCCCO. The van der Waals surface area contributed by atoms with Crippen molar-refractivity contribution in [2.45, 2.75) is 19.8 Å². The average molecular weight is 156 g/mol. The Bertz CT molecular complexity index is 164. The first-order valence-electron chi connectivity index (χ1n) is 3.57. The highest BCUT2D eigenvalue weighted by atomic mass is 16.5. The molecule has 0 atom stereocenters.